The maximum atomic E-state index is 9.60. The van der Waals surface area contributed by atoms with Gasteiger partial charge >= 0.3 is 0 Å². The minimum Gasteiger partial charge on any atom is -0.391 e. The summed E-state index contributed by atoms with van der Waals surface area (Å²) < 4.78 is 0. The lowest BCUT2D eigenvalue weighted by molar-refractivity contribution is 0.143. The predicted octanol–water partition coefficient (Wildman–Crippen LogP) is 1.62. The number of benzene rings is 1. The van der Waals surface area contributed by atoms with Crippen molar-refractivity contribution in [1.82, 2.24) is 5.32 Å². The second-order valence-electron chi connectivity index (χ2n) is 4.01. The summed E-state index contributed by atoms with van der Waals surface area (Å²) in [5.74, 6) is 0.440. The summed E-state index contributed by atoms with van der Waals surface area (Å²) in [7, 11) is 0. The Labute approximate surface area is 97.1 Å². The van der Waals surface area contributed by atoms with Crippen LogP contribution in [-0.4, -0.2) is 24.3 Å². The van der Waals surface area contributed by atoms with Gasteiger partial charge in [0.05, 0.1) is 6.10 Å². The quantitative estimate of drug-likeness (QED) is 0.823. The Hall–Kier alpha value is -0.570. The molecular formula is C12H18ClNO. The molecule has 2 atom stereocenters. The van der Waals surface area contributed by atoms with Gasteiger partial charge in [0, 0.05) is 13.1 Å². The largest absolute Gasteiger partial charge is 0.391 e. The molecule has 1 aromatic carbocycles. The molecule has 0 aromatic heterocycles. The molecule has 3 heteroatoms. The first-order valence-electron chi connectivity index (χ1n) is 5.29. The summed E-state index contributed by atoms with van der Waals surface area (Å²) >= 11 is 0. The molecule has 0 bridgehead atoms. The van der Waals surface area contributed by atoms with Crippen LogP contribution in [0.15, 0.2) is 30.3 Å². The standard InChI is InChI=1S/C12H17NO.ClH/c14-12-9-13-8-11(12)7-6-10-4-2-1-3-5-10;/h1-5,11-14H,6-9H2;1H/t11-,12+;/m1./s1. The lowest BCUT2D eigenvalue weighted by Gasteiger charge is -2.12. The molecule has 1 aliphatic rings. The number of aliphatic hydroxyl groups excluding tert-OH is 1. The Kier molecular flexibility index (Phi) is 5.09. The van der Waals surface area contributed by atoms with E-state index in [1.165, 1.54) is 5.56 Å². The average molecular weight is 228 g/mol. The van der Waals surface area contributed by atoms with Crippen molar-refractivity contribution >= 4 is 12.4 Å². The Balaban J connectivity index is 0.00000112. The summed E-state index contributed by atoms with van der Waals surface area (Å²) in [4.78, 5) is 0. The molecule has 15 heavy (non-hydrogen) atoms. The number of hydrogen-bond donors (Lipinski definition) is 2. The molecule has 2 nitrogen and oxygen atoms in total. The molecule has 2 rings (SSSR count). The summed E-state index contributed by atoms with van der Waals surface area (Å²) in [6.45, 7) is 1.73. The van der Waals surface area contributed by atoms with E-state index >= 15 is 0 Å². The summed E-state index contributed by atoms with van der Waals surface area (Å²) in [6.07, 6.45) is 2.02. The minimum absolute atomic E-state index is 0. The van der Waals surface area contributed by atoms with E-state index in [1.807, 2.05) is 6.07 Å². The zero-order valence-corrected chi connectivity index (χ0v) is 9.54. The highest BCUT2D eigenvalue weighted by Crippen LogP contribution is 2.16. The van der Waals surface area contributed by atoms with Crippen LogP contribution in [0.1, 0.15) is 12.0 Å². The van der Waals surface area contributed by atoms with Crippen LogP contribution in [0.5, 0.6) is 0 Å². The van der Waals surface area contributed by atoms with E-state index in [0.717, 1.165) is 25.9 Å². The third-order valence-corrected chi connectivity index (χ3v) is 2.95. The number of β-amino-alcohol motifs (C(OH)–C–C–N with tert-alkyl or cyclic N) is 1. The van der Waals surface area contributed by atoms with Gasteiger partial charge in [-0.1, -0.05) is 30.3 Å². The van der Waals surface area contributed by atoms with E-state index in [0.29, 0.717) is 5.92 Å². The van der Waals surface area contributed by atoms with E-state index in [-0.39, 0.29) is 18.5 Å². The molecular weight excluding hydrogens is 210 g/mol. The lowest BCUT2D eigenvalue weighted by Crippen LogP contribution is -2.18. The van der Waals surface area contributed by atoms with E-state index in [1.54, 1.807) is 0 Å². The van der Waals surface area contributed by atoms with Crippen LogP contribution in [0.2, 0.25) is 0 Å². The maximum Gasteiger partial charge on any atom is 0.0704 e. The predicted molar refractivity (Wildman–Crippen MR) is 64.4 cm³/mol. The topological polar surface area (TPSA) is 32.3 Å². The van der Waals surface area contributed by atoms with Crippen LogP contribution in [-0.2, 0) is 6.42 Å². The first-order chi connectivity index (χ1) is 6.86. The van der Waals surface area contributed by atoms with Crippen molar-refractivity contribution in [3.63, 3.8) is 0 Å². The number of aryl methyl sites for hydroxylation is 1. The first kappa shape index (κ1) is 12.5. The molecule has 1 fully saturated rings. The van der Waals surface area contributed by atoms with Gasteiger partial charge < -0.3 is 10.4 Å². The van der Waals surface area contributed by atoms with Crippen LogP contribution in [0.25, 0.3) is 0 Å². The van der Waals surface area contributed by atoms with Crippen molar-refractivity contribution in [3.8, 4) is 0 Å². The first-order valence-corrected chi connectivity index (χ1v) is 5.29. The highest BCUT2D eigenvalue weighted by Gasteiger charge is 2.23. The Morgan fingerprint density at radius 2 is 1.93 bits per heavy atom. The van der Waals surface area contributed by atoms with Crippen LogP contribution in [0.3, 0.4) is 0 Å². The highest BCUT2D eigenvalue weighted by molar-refractivity contribution is 5.85. The van der Waals surface area contributed by atoms with Crippen molar-refractivity contribution in [1.29, 1.82) is 0 Å². The number of hydrogen-bond acceptors (Lipinski definition) is 2. The molecule has 0 saturated carbocycles. The van der Waals surface area contributed by atoms with Gasteiger partial charge in [0.15, 0.2) is 0 Å². The molecule has 84 valence electrons. The molecule has 0 aliphatic carbocycles. The number of aliphatic hydroxyl groups is 1. The summed E-state index contributed by atoms with van der Waals surface area (Å²) in [5.41, 5.74) is 1.37. The van der Waals surface area contributed by atoms with Crippen molar-refractivity contribution in [2.75, 3.05) is 13.1 Å². The third kappa shape index (κ3) is 3.49. The SMILES string of the molecule is Cl.O[C@H]1CNC[C@H]1CCc1ccccc1. The fraction of sp³-hybridized carbons (Fsp3) is 0.500. The fourth-order valence-corrected chi connectivity index (χ4v) is 2.01. The van der Waals surface area contributed by atoms with Gasteiger partial charge in [0.25, 0.3) is 0 Å². The molecule has 0 unspecified atom stereocenters. The fourth-order valence-electron chi connectivity index (χ4n) is 2.01. The molecule has 1 aliphatic heterocycles. The van der Waals surface area contributed by atoms with E-state index in [9.17, 15) is 5.11 Å². The second kappa shape index (κ2) is 6.11. The molecule has 1 heterocycles. The molecule has 0 radical (unpaired) electrons. The Morgan fingerprint density at radius 1 is 1.20 bits per heavy atom. The van der Waals surface area contributed by atoms with Gasteiger partial charge in [0.2, 0.25) is 0 Å². The van der Waals surface area contributed by atoms with E-state index < -0.39 is 0 Å². The van der Waals surface area contributed by atoms with Gasteiger partial charge in [0.1, 0.15) is 0 Å². The van der Waals surface area contributed by atoms with E-state index in [4.69, 9.17) is 0 Å². The Morgan fingerprint density at radius 3 is 2.53 bits per heavy atom. The zero-order chi connectivity index (χ0) is 9.80. The number of rotatable bonds is 3. The van der Waals surface area contributed by atoms with Crippen molar-refractivity contribution in [3.05, 3.63) is 35.9 Å². The highest BCUT2D eigenvalue weighted by atomic mass is 35.5. The molecule has 0 spiro atoms. The molecule has 0 amide bonds. The molecule has 1 saturated heterocycles. The van der Waals surface area contributed by atoms with Crippen molar-refractivity contribution in [2.45, 2.75) is 18.9 Å². The average Bonchev–Trinajstić information content (AvgIpc) is 2.63. The van der Waals surface area contributed by atoms with Crippen LogP contribution < -0.4 is 5.32 Å². The number of halogens is 1. The van der Waals surface area contributed by atoms with Gasteiger partial charge in [-0.2, -0.15) is 0 Å². The second-order valence-corrected chi connectivity index (χ2v) is 4.01. The van der Waals surface area contributed by atoms with Crippen LogP contribution >= 0.6 is 12.4 Å². The lowest BCUT2D eigenvalue weighted by atomic mass is 9.97. The van der Waals surface area contributed by atoms with Crippen molar-refractivity contribution < 1.29 is 5.11 Å². The van der Waals surface area contributed by atoms with Gasteiger partial charge in [-0.05, 0) is 24.3 Å². The molecule has 1 aromatic rings. The van der Waals surface area contributed by atoms with Gasteiger partial charge in [-0.25, -0.2) is 0 Å². The van der Waals surface area contributed by atoms with E-state index in [2.05, 4.69) is 29.6 Å². The van der Waals surface area contributed by atoms with Gasteiger partial charge in [-0.3, -0.25) is 0 Å². The van der Waals surface area contributed by atoms with Gasteiger partial charge in [-0.15, -0.1) is 12.4 Å². The summed E-state index contributed by atoms with van der Waals surface area (Å²) in [5, 5.41) is 12.8. The van der Waals surface area contributed by atoms with Crippen LogP contribution in [0.4, 0.5) is 0 Å². The minimum atomic E-state index is -0.140. The molecule has 2 N–H and O–H groups in total. The third-order valence-electron chi connectivity index (χ3n) is 2.95. The normalized spacial score (nSPS) is 24.9. The maximum absolute atomic E-state index is 9.60. The van der Waals surface area contributed by atoms with Crippen molar-refractivity contribution in [2.24, 2.45) is 5.92 Å². The number of nitrogens with one attached hydrogen (secondary N) is 1. The van der Waals surface area contributed by atoms with Crippen LogP contribution in [0, 0.1) is 5.92 Å². The Bertz CT molecular complexity index is 278. The monoisotopic (exact) mass is 227 g/mol. The zero-order valence-electron chi connectivity index (χ0n) is 8.73. The summed E-state index contributed by atoms with van der Waals surface area (Å²) in [6, 6.07) is 10.5. The smallest absolute Gasteiger partial charge is 0.0704 e.